The fourth-order valence-corrected chi connectivity index (χ4v) is 3.90. The van der Waals surface area contributed by atoms with E-state index in [9.17, 15) is 9.50 Å². The zero-order valence-electron chi connectivity index (χ0n) is 18.0. The van der Waals surface area contributed by atoms with Gasteiger partial charge in [-0.25, -0.2) is 9.37 Å². The molecule has 3 heterocycles. The number of halogens is 1. The van der Waals surface area contributed by atoms with Gasteiger partial charge < -0.3 is 20.2 Å². The fourth-order valence-electron chi connectivity index (χ4n) is 3.90. The predicted octanol–water partition coefficient (Wildman–Crippen LogP) is 2.85. The van der Waals surface area contributed by atoms with Crippen LogP contribution >= 0.6 is 0 Å². The Labute approximate surface area is 181 Å². The van der Waals surface area contributed by atoms with Crippen LogP contribution < -0.4 is 15.1 Å². The Balaban J connectivity index is 1.43. The van der Waals surface area contributed by atoms with Crippen molar-refractivity contribution in [3.05, 3.63) is 59.8 Å². The predicted molar refractivity (Wildman–Crippen MR) is 119 cm³/mol. The van der Waals surface area contributed by atoms with Gasteiger partial charge in [-0.05, 0) is 24.1 Å². The van der Waals surface area contributed by atoms with E-state index in [1.54, 1.807) is 24.5 Å². The number of aliphatic hydroxyl groups is 1. The standard InChI is InChI=1S/C22H28FN7O/c1-4-5-18-21(31)29(3)19-12-25-22(27-20(19)28(18)2)24-10-16-11-26-30(14-16)13-15-6-8-17(23)9-7-15/h6-9,11-12,14,18,21,31H,4-5,10,13H2,1-3H3,(H,24,25,27)/t18-,21?/m1/s1. The quantitative estimate of drug-likeness (QED) is 0.602. The number of aliphatic hydroxyl groups excluding tert-OH is 1. The van der Waals surface area contributed by atoms with Gasteiger partial charge in [-0.3, -0.25) is 4.68 Å². The van der Waals surface area contributed by atoms with Crippen molar-refractivity contribution in [2.75, 3.05) is 29.2 Å². The lowest BCUT2D eigenvalue weighted by atomic mass is 10.1. The summed E-state index contributed by atoms with van der Waals surface area (Å²) in [6.07, 6.45) is 6.75. The summed E-state index contributed by atoms with van der Waals surface area (Å²) in [5, 5.41) is 18.2. The molecular weight excluding hydrogens is 397 g/mol. The highest BCUT2D eigenvalue weighted by atomic mass is 19.1. The highest BCUT2D eigenvalue weighted by Gasteiger charge is 2.35. The minimum absolute atomic E-state index is 0.0186. The number of fused-ring (bicyclic) bond motifs is 1. The van der Waals surface area contributed by atoms with Crippen LogP contribution in [0.1, 0.15) is 30.9 Å². The van der Waals surface area contributed by atoms with E-state index in [2.05, 4.69) is 22.3 Å². The second-order valence-corrected chi connectivity index (χ2v) is 7.92. The molecule has 3 aromatic rings. The molecule has 164 valence electrons. The molecule has 0 saturated heterocycles. The summed E-state index contributed by atoms with van der Waals surface area (Å²) in [5.74, 6) is 1.08. The number of hydrogen-bond donors (Lipinski definition) is 2. The Morgan fingerprint density at radius 2 is 1.87 bits per heavy atom. The molecule has 1 aliphatic rings. The third-order valence-electron chi connectivity index (χ3n) is 5.68. The van der Waals surface area contributed by atoms with Crippen molar-refractivity contribution in [2.24, 2.45) is 0 Å². The van der Waals surface area contributed by atoms with Crippen LogP contribution in [0.15, 0.2) is 42.9 Å². The van der Waals surface area contributed by atoms with Crippen LogP contribution in [0.3, 0.4) is 0 Å². The highest BCUT2D eigenvalue weighted by molar-refractivity contribution is 5.70. The Morgan fingerprint density at radius 1 is 1.10 bits per heavy atom. The lowest BCUT2D eigenvalue weighted by Crippen LogP contribution is -2.54. The molecule has 2 N–H and O–H groups in total. The third-order valence-corrected chi connectivity index (χ3v) is 5.68. The van der Waals surface area contributed by atoms with Crippen LogP contribution in [0.2, 0.25) is 0 Å². The largest absolute Gasteiger partial charge is 0.371 e. The van der Waals surface area contributed by atoms with Gasteiger partial charge in [0.15, 0.2) is 5.82 Å². The van der Waals surface area contributed by atoms with Crippen molar-refractivity contribution in [2.45, 2.75) is 45.1 Å². The third kappa shape index (κ3) is 4.46. The average Bonchev–Trinajstić information content (AvgIpc) is 3.22. The number of nitrogens with one attached hydrogen (secondary N) is 1. The molecule has 0 aliphatic carbocycles. The Kier molecular flexibility index (Phi) is 6.03. The number of benzene rings is 1. The van der Waals surface area contributed by atoms with Crippen molar-refractivity contribution in [1.29, 1.82) is 0 Å². The van der Waals surface area contributed by atoms with Crippen LogP contribution in [0.5, 0.6) is 0 Å². The molecule has 4 rings (SSSR count). The van der Waals surface area contributed by atoms with Gasteiger partial charge in [-0.15, -0.1) is 0 Å². The minimum Gasteiger partial charge on any atom is -0.371 e. The second kappa shape index (κ2) is 8.89. The maximum atomic E-state index is 13.1. The number of likely N-dealkylation sites (N-methyl/N-ethyl adjacent to an activating group) is 2. The average molecular weight is 426 g/mol. The van der Waals surface area contributed by atoms with Gasteiger partial charge in [-0.1, -0.05) is 25.5 Å². The first kappa shape index (κ1) is 21.0. The van der Waals surface area contributed by atoms with Gasteiger partial charge in [0, 0.05) is 32.4 Å². The second-order valence-electron chi connectivity index (χ2n) is 7.92. The fraction of sp³-hybridized carbons (Fsp3) is 0.409. The summed E-state index contributed by atoms with van der Waals surface area (Å²) in [5.41, 5.74) is 2.78. The molecule has 1 unspecified atom stereocenters. The Bertz CT molecular complexity index is 1020. The van der Waals surface area contributed by atoms with Crippen LogP contribution in [-0.2, 0) is 13.1 Å². The van der Waals surface area contributed by atoms with Crippen LogP contribution in [0.4, 0.5) is 21.8 Å². The van der Waals surface area contributed by atoms with Gasteiger partial charge in [-0.2, -0.15) is 10.1 Å². The van der Waals surface area contributed by atoms with Gasteiger partial charge in [0.05, 0.1) is 25.0 Å². The van der Waals surface area contributed by atoms with E-state index in [1.165, 1.54) is 12.1 Å². The van der Waals surface area contributed by atoms with Gasteiger partial charge in [0.2, 0.25) is 5.95 Å². The number of nitrogens with zero attached hydrogens (tertiary/aromatic N) is 6. The molecule has 0 fully saturated rings. The first-order valence-corrected chi connectivity index (χ1v) is 10.5. The van der Waals surface area contributed by atoms with Crippen molar-refractivity contribution < 1.29 is 9.50 Å². The van der Waals surface area contributed by atoms with Crippen LogP contribution in [0.25, 0.3) is 0 Å². The maximum absolute atomic E-state index is 13.1. The van der Waals surface area contributed by atoms with Crippen molar-refractivity contribution in [3.8, 4) is 0 Å². The minimum atomic E-state index is -0.591. The number of aromatic nitrogens is 4. The molecule has 0 bridgehead atoms. The van der Waals surface area contributed by atoms with Crippen molar-refractivity contribution >= 4 is 17.5 Å². The molecule has 0 saturated carbocycles. The Morgan fingerprint density at radius 3 is 2.61 bits per heavy atom. The molecule has 31 heavy (non-hydrogen) atoms. The number of hydrogen-bond acceptors (Lipinski definition) is 7. The van der Waals surface area contributed by atoms with E-state index in [0.29, 0.717) is 19.0 Å². The number of rotatable bonds is 7. The summed E-state index contributed by atoms with van der Waals surface area (Å²) < 4.78 is 14.9. The van der Waals surface area contributed by atoms with E-state index in [-0.39, 0.29) is 11.9 Å². The van der Waals surface area contributed by atoms with Crippen LogP contribution in [0, 0.1) is 5.82 Å². The molecule has 1 aliphatic heterocycles. The lowest BCUT2D eigenvalue weighted by Gasteiger charge is -2.44. The van der Waals surface area contributed by atoms with Gasteiger partial charge >= 0.3 is 0 Å². The topological polar surface area (TPSA) is 82.3 Å². The SMILES string of the molecule is CCC[C@@H]1C(O)N(C)c2cnc(NCc3cnn(Cc4ccc(F)cc4)c3)nc2N1C. The van der Waals surface area contributed by atoms with E-state index in [0.717, 1.165) is 35.5 Å². The molecule has 0 radical (unpaired) electrons. The molecule has 0 spiro atoms. The van der Waals surface area contributed by atoms with Crippen molar-refractivity contribution in [1.82, 2.24) is 19.7 Å². The van der Waals surface area contributed by atoms with E-state index >= 15 is 0 Å². The molecular formula is C22H28FN7O. The smallest absolute Gasteiger partial charge is 0.225 e. The summed E-state index contributed by atoms with van der Waals surface area (Å²) in [7, 11) is 3.83. The van der Waals surface area contributed by atoms with Gasteiger partial charge in [0.1, 0.15) is 17.7 Å². The molecule has 8 nitrogen and oxygen atoms in total. The normalized spacial score (nSPS) is 18.2. The zero-order chi connectivity index (χ0) is 22.0. The summed E-state index contributed by atoms with van der Waals surface area (Å²) in [6.45, 7) is 3.22. The monoisotopic (exact) mass is 425 g/mol. The summed E-state index contributed by atoms with van der Waals surface area (Å²) >= 11 is 0. The first-order valence-electron chi connectivity index (χ1n) is 10.5. The molecule has 0 amide bonds. The van der Waals surface area contributed by atoms with E-state index < -0.39 is 6.23 Å². The van der Waals surface area contributed by atoms with E-state index in [4.69, 9.17) is 4.98 Å². The molecule has 1 aromatic carbocycles. The molecule has 9 heteroatoms. The Hall–Kier alpha value is -3.20. The summed E-state index contributed by atoms with van der Waals surface area (Å²) in [4.78, 5) is 13.0. The molecule has 2 atom stereocenters. The van der Waals surface area contributed by atoms with Gasteiger partial charge in [0.25, 0.3) is 0 Å². The summed E-state index contributed by atoms with van der Waals surface area (Å²) in [6, 6.07) is 6.40. The lowest BCUT2D eigenvalue weighted by molar-refractivity contribution is 0.132. The first-order chi connectivity index (χ1) is 15.0. The zero-order valence-corrected chi connectivity index (χ0v) is 18.0. The maximum Gasteiger partial charge on any atom is 0.225 e. The van der Waals surface area contributed by atoms with E-state index in [1.807, 2.05) is 34.8 Å². The molecule has 2 aromatic heterocycles. The van der Waals surface area contributed by atoms with Crippen LogP contribution in [-0.4, -0.2) is 51.2 Å². The highest BCUT2D eigenvalue weighted by Crippen LogP contribution is 2.35. The number of anilines is 3. The van der Waals surface area contributed by atoms with Crippen molar-refractivity contribution in [3.63, 3.8) is 0 Å².